The van der Waals surface area contributed by atoms with Crippen LogP contribution in [0.5, 0.6) is 0 Å². The molecule has 2 atom stereocenters. The molecule has 1 heterocycles. The zero-order valence-electron chi connectivity index (χ0n) is 11.0. The minimum atomic E-state index is 0.614. The molecule has 96 valence electrons. The molecule has 0 amide bonds. The zero-order chi connectivity index (χ0) is 12.1. The van der Waals surface area contributed by atoms with E-state index in [1.54, 1.807) is 0 Å². The smallest absolute Gasteiger partial charge is 0.0728 e. The minimum absolute atomic E-state index is 0.614. The topological polar surface area (TPSA) is 42.7 Å². The first-order valence-corrected chi connectivity index (χ1v) is 6.98. The van der Waals surface area contributed by atoms with Crippen LogP contribution >= 0.6 is 0 Å². The van der Waals surface area contributed by atoms with Crippen molar-refractivity contribution < 1.29 is 0 Å². The van der Waals surface area contributed by atoms with Crippen molar-refractivity contribution in [3.63, 3.8) is 0 Å². The van der Waals surface area contributed by atoms with E-state index in [0.29, 0.717) is 12.0 Å². The molecule has 1 saturated carbocycles. The van der Waals surface area contributed by atoms with Crippen molar-refractivity contribution in [2.45, 2.75) is 64.5 Å². The quantitative estimate of drug-likeness (QED) is 0.824. The van der Waals surface area contributed by atoms with Gasteiger partial charge >= 0.3 is 0 Å². The van der Waals surface area contributed by atoms with Gasteiger partial charge in [0.05, 0.1) is 11.9 Å². The SMILES string of the molecule is CCCNC1CCCC1c1cnnn1CCC. The molecule has 0 bridgehead atoms. The molecule has 0 saturated heterocycles. The Morgan fingerprint density at radius 1 is 1.35 bits per heavy atom. The number of hydrogen-bond donors (Lipinski definition) is 1. The standard InChI is InChI=1S/C13H24N4/c1-3-8-14-12-7-5-6-11(12)13-10-15-16-17(13)9-4-2/h10-12,14H,3-9H2,1-2H3. The van der Waals surface area contributed by atoms with Crippen molar-refractivity contribution in [3.05, 3.63) is 11.9 Å². The molecule has 0 aliphatic heterocycles. The Morgan fingerprint density at radius 2 is 2.24 bits per heavy atom. The fourth-order valence-electron chi connectivity index (χ4n) is 2.83. The van der Waals surface area contributed by atoms with Crippen LogP contribution in [0.15, 0.2) is 6.20 Å². The van der Waals surface area contributed by atoms with Gasteiger partial charge in [0.15, 0.2) is 0 Å². The van der Waals surface area contributed by atoms with E-state index in [1.165, 1.54) is 31.4 Å². The van der Waals surface area contributed by atoms with E-state index < -0.39 is 0 Å². The van der Waals surface area contributed by atoms with Crippen LogP contribution in [0.2, 0.25) is 0 Å². The number of aromatic nitrogens is 3. The first kappa shape index (κ1) is 12.6. The molecular weight excluding hydrogens is 212 g/mol. The average molecular weight is 236 g/mol. The highest BCUT2D eigenvalue weighted by Gasteiger charge is 2.30. The van der Waals surface area contributed by atoms with Crippen molar-refractivity contribution in [1.82, 2.24) is 20.3 Å². The molecule has 0 spiro atoms. The van der Waals surface area contributed by atoms with Crippen LogP contribution in [0, 0.1) is 0 Å². The Balaban J connectivity index is 2.06. The van der Waals surface area contributed by atoms with Gasteiger partial charge in [0, 0.05) is 18.5 Å². The second kappa shape index (κ2) is 6.15. The van der Waals surface area contributed by atoms with Gasteiger partial charge in [-0.2, -0.15) is 0 Å². The maximum atomic E-state index is 4.20. The Labute approximate surface area is 104 Å². The summed E-state index contributed by atoms with van der Waals surface area (Å²) in [6.45, 7) is 6.52. The molecule has 1 aromatic heterocycles. The lowest BCUT2D eigenvalue weighted by atomic mass is 9.99. The van der Waals surface area contributed by atoms with E-state index in [4.69, 9.17) is 0 Å². The number of nitrogens with one attached hydrogen (secondary N) is 1. The summed E-state index contributed by atoms with van der Waals surface area (Å²) in [5.74, 6) is 0.614. The summed E-state index contributed by atoms with van der Waals surface area (Å²) in [6.07, 6.45) is 8.18. The van der Waals surface area contributed by atoms with Gasteiger partial charge in [-0.25, -0.2) is 4.68 Å². The zero-order valence-corrected chi connectivity index (χ0v) is 11.0. The molecular formula is C13H24N4. The maximum absolute atomic E-state index is 4.20. The van der Waals surface area contributed by atoms with E-state index in [2.05, 4.69) is 34.2 Å². The van der Waals surface area contributed by atoms with Gasteiger partial charge in [-0.15, -0.1) is 5.10 Å². The molecule has 1 aliphatic rings. The lowest BCUT2D eigenvalue weighted by Crippen LogP contribution is -2.32. The van der Waals surface area contributed by atoms with Crippen molar-refractivity contribution in [1.29, 1.82) is 0 Å². The normalized spacial score (nSPS) is 24.4. The van der Waals surface area contributed by atoms with Crippen LogP contribution in [0.3, 0.4) is 0 Å². The molecule has 2 unspecified atom stereocenters. The van der Waals surface area contributed by atoms with Gasteiger partial charge in [-0.1, -0.05) is 25.5 Å². The number of aryl methyl sites for hydroxylation is 1. The highest BCUT2D eigenvalue weighted by molar-refractivity contribution is 5.10. The van der Waals surface area contributed by atoms with Gasteiger partial charge in [-0.05, 0) is 32.2 Å². The molecule has 1 aliphatic carbocycles. The summed E-state index contributed by atoms with van der Waals surface area (Å²) in [7, 11) is 0. The van der Waals surface area contributed by atoms with Crippen LogP contribution < -0.4 is 5.32 Å². The highest BCUT2D eigenvalue weighted by Crippen LogP contribution is 2.34. The Hall–Kier alpha value is -0.900. The maximum Gasteiger partial charge on any atom is 0.0728 e. The third kappa shape index (κ3) is 2.86. The molecule has 1 fully saturated rings. The van der Waals surface area contributed by atoms with E-state index >= 15 is 0 Å². The van der Waals surface area contributed by atoms with Crippen LogP contribution in [0.4, 0.5) is 0 Å². The summed E-state index contributed by atoms with van der Waals surface area (Å²) in [5.41, 5.74) is 1.33. The predicted molar refractivity (Wildman–Crippen MR) is 69.0 cm³/mol. The average Bonchev–Trinajstić information content (AvgIpc) is 2.94. The number of nitrogens with zero attached hydrogens (tertiary/aromatic N) is 3. The Bertz CT molecular complexity index is 334. The van der Waals surface area contributed by atoms with Crippen molar-refractivity contribution in [2.75, 3.05) is 6.54 Å². The van der Waals surface area contributed by atoms with Crippen molar-refractivity contribution in [3.8, 4) is 0 Å². The largest absolute Gasteiger partial charge is 0.313 e. The summed E-state index contributed by atoms with van der Waals surface area (Å²) in [4.78, 5) is 0. The fourth-order valence-corrected chi connectivity index (χ4v) is 2.83. The summed E-state index contributed by atoms with van der Waals surface area (Å²) < 4.78 is 2.09. The van der Waals surface area contributed by atoms with Gasteiger partial charge in [0.25, 0.3) is 0 Å². The Morgan fingerprint density at radius 3 is 3.00 bits per heavy atom. The van der Waals surface area contributed by atoms with Crippen LogP contribution in [0.25, 0.3) is 0 Å². The molecule has 17 heavy (non-hydrogen) atoms. The van der Waals surface area contributed by atoms with Crippen molar-refractivity contribution >= 4 is 0 Å². The van der Waals surface area contributed by atoms with E-state index in [0.717, 1.165) is 19.5 Å². The first-order chi connectivity index (χ1) is 8.36. The molecule has 1 N–H and O–H groups in total. The lowest BCUT2D eigenvalue weighted by molar-refractivity contribution is 0.445. The van der Waals surface area contributed by atoms with Crippen LogP contribution in [-0.4, -0.2) is 27.6 Å². The lowest BCUT2D eigenvalue weighted by Gasteiger charge is -2.21. The number of rotatable bonds is 6. The van der Waals surface area contributed by atoms with Gasteiger partial charge in [0.2, 0.25) is 0 Å². The third-order valence-corrected chi connectivity index (χ3v) is 3.64. The Kier molecular flexibility index (Phi) is 4.54. The third-order valence-electron chi connectivity index (χ3n) is 3.64. The van der Waals surface area contributed by atoms with Gasteiger partial charge in [-0.3, -0.25) is 0 Å². The first-order valence-electron chi connectivity index (χ1n) is 6.98. The van der Waals surface area contributed by atoms with Crippen LogP contribution in [0.1, 0.15) is 57.6 Å². The molecule has 1 aromatic rings. The van der Waals surface area contributed by atoms with Crippen molar-refractivity contribution in [2.24, 2.45) is 0 Å². The molecule has 0 aromatic carbocycles. The molecule has 4 heteroatoms. The highest BCUT2D eigenvalue weighted by atomic mass is 15.4. The van der Waals surface area contributed by atoms with Gasteiger partial charge in [0.1, 0.15) is 0 Å². The summed E-state index contributed by atoms with van der Waals surface area (Å²) >= 11 is 0. The van der Waals surface area contributed by atoms with Crippen LogP contribution in [-0.2, 0) is 6.54 Å². The summed E-state index contributed by atoms with van der Waals surface area (Å²) in [6, 6.07) is 0.629. The van der Waals surface area contributed by atoms with Gasteiger partial charge < -0.3 is 5.32 Å². The second-order valence-corrected chi connectivity index (χ2v) is 4.98. The van der Waals surface area contributed by atoms with E-state index in [-0.39, 0.29) is 0 Å². The van der Waals surface area contributed by atoms with E-state index in [1.807, 2.05) is 6.20 Å². The monoisotopic (exact) mass is 236 g/mol. The molecule has 2 rings (SSSR count). The molecule has 0 radical (unpaired) electrons. The summed E-state index contributed by atoms with van der Waals surface area (Å²) in [5, 5.41) is 12.0. The number of hydrogen-bond acceptors (Lipinski definition) is 3. The second-order valence-electron chi connectivity index (χ2n) is 4.98. The molecule has 4 nitrogen and oxygen atoms in total. The predicted octanol–water partition coefficient (Wildman–Crippen LogP) is 2.32. The minimum Gasteiger partial charge on any atom is -0.313 e. The van der Waals surface area contributed by atoms with E-state index in [9.17, 15) is 0 Å². The fraction of sp³-hybridized carbons (Fsp3) is 0.846.